The van der Waals surface area contributed by atoms with Crippen LogP contribution in [0.25, 0.3) is 11.3 Å². The molecule has 0 radical (unpaired) electrons. The fourth-order valence-electron chi connectivity index (χ4n) is 3.58. The lowest BCUT2D eigenvalue weighted by molar-refractivity contribution is -0.133. The number of ether oxygens (including phenoxy) is 2. The molecule has 1 aromatic heterocycles. The Hall–Kier alpha value is -3.32. The van der Waals surface area contributed by atoms with Crippen LogP contribution in [0.5, 0.6) is 11.5 Å². The highest BCUT2D eigenvalue weighted by Gasteiger charge is 2.23. The van der Waals surface area contributed by atoms with Gasteiger partial charge in [-0.2, -0.15) is 0 Å². The number of nitrogens with zero attached hydrogens (tertiary/aromatic N) is 4. The van der Waals surface area contributed by atoms with Crippen molar-refractivity contribution in [3.63, 3.8) is 0 Å². The molecule has 1 aliphatic rings. The van der Waals surface area contributed by atoms with E-state index in [1.165, 1.54) is 0 Å². The molecular weight excluding hydrogens is 428 g/mol. The van der Waals surface area contributed by atoms with Crippen LogP contribution in [0.3, 0.4) is 0 Å². The van der Waals surface area contributed by atoms with E-state index in [9.17, 15) is 4.79 Å². The van der Waals surface area contributed by atoms with Gasteiger partial charge in [0.2, 0.25) is 0 Å². The molecular formula is C24H25ClN4O3. The van der Waals surface area contributed by atoms with Gasteiger partial charge in [0.05, 0.1) is 12.8 Å². The summed E-state index contributed by atoms with van der Waals surface area (Å²) in [6.07, 6.45) is 0. The van der Waals surface area contributed by atoms with Crippen molar-refractivity contribution in [3.8, 4) is 22.8 Å². The zero-order valence-electron chi connectivity index (χ0n) is 18.1. The van der Waals surface area contributed by atoms with Gasteiger partial charge in [0.25, 0.3) is 5.91 Å². The lowest BCUT2D eigenvalue weighted by Crippen LogP contribution is -2.50. The second-order valence-electron chi connectivity index (χ2n) is 7.59. The van der Waals surface area contributed by atoms with E-state index in [0.29, 0.717) is 42.7 Å². The molecule has 3 aromatic rings. The minimum atomic E-state index is -0.0450. The fraction of sp³-hybridized carbons (Fsp3) is 0.292. The molecule has 166 valence electrons. The number of hydrogen-bond donors (Lipinski definition) is 0. The van der Waals surface area contributed by atoms with Gasteiger partial charge >= 0.3 is 0 Å². The molecule has 1 aliphatic heterocycles. The van der Waals surface area contributed by atoms with Gasteiger partial charge < -0.3 is 19.3 Å². The number of rotatable bonds is 6. The molecule has 2 heterocycles. The van der Waals surface area contributed by atoms with Gasteiger partial charge in [-0.05, 0) is 48.9 Å². The predicted molar refractivity (Wildman–Crippen MR) is 124 cm³/mol. The summed E-state index contributed by atoms with van der Waals surface area (Å²) in [4.78, 5) is 16.6. The largest absolute Gasteiger partial charge is 0.493 e. The fourth-order valence-corrected chi connectivity index (χ4v) is 3.70. The summed E-state index contributed by atoms with van der Waals surface area (Å²) in [6, 6.07) is 17.1. The smallest absolute Gasteiger partial charge is 0.260 e. The molecule has 0 aliphatic carbocycles. The average molecular weight is 453 g/mol. The maximum absolute atomic E-state index is 12.6. The third kappa shape index (κ3) is 5.11. The maximum atomic E-state index is 12.6. The van der Waals surface area contributed by atoms with E-state index in [1.54, 1.807) is 7.11 Å². The van der Waals surface area contributed by atoms with Crippen molar-refractivity contribution in [2.45, 2.75) is 6.92 Å². The van der Waals surface area contributed by atoms with Crippen LogP contribution in [0.15, 0.2) is 54.6 Å². The minimum absolute atomic E-state index is 0.0188. The quantitative estimate of drug-likeness (QED) is 0.566. The number of aryl methyl sites for hydroxylation is 1. The maximum Gasteiger partial charge on any atom is 0.260 e. The summed E-state index contributed by atoms with van der Waals surface area (Å²) in [6.45, 7) is 4.55. The van der Waals surface area contributed by atoms with Crippen LogP contribution >= 0.6 is 11.6 Å². The number of benzene rings is 2. The highest BCUT2D eigenvalue weighted by atomic mass is 35.5. The lowest BCUT2D eigenvalue weighted by Gasteiger charge is -2.35. The highest BCUT2D eigenvalue weighted by Crippen LogP contribution is 2.28. The Kier molecular flexibility index (Phi) is 6.75. The van der Waals surface area contributed by atoms with E-state index in [4.69, 9.17) is 21.1 Å². The van der Waals surface area contributed by atoms with Crippen LogP contribution < -0.4 is 14.4 Å². The molecule has 0 spiro atoms. The molecule has 0 unspecified atom stereocenters. The second kappa shape index (κ2) is 9.87. The third-order valence-corrected chi connectivity index (χ3v) is 5.67. The number of carbonyl (C=O) groups is 1. The molecule has 4 rings (SSSR count). The van der Waals surface area contributed by atoms with Crippen molar-refractivity contribution in [2.24, 2.45) is 0 Å². The summed E-state index contributed by atoms with van der Waals surface area (Å²) in [5.41, 5.74) is 2.83. The van der Waals surface area contributed by atoms with Crippen LogP contribution in [0.1, 0.15) is 5.56 Å². The number of carbonyl (C=O) groups excluding carboxylic acids is 1. The highest BCUT2D eigenvalue weighted by molar-refractivity contribution is 6.30. The van der Waals surface area contributed by atoms with Gasteiger partial charge in [-0.15, -0.1) is 10.2 Å². The number of halogens is 1. The number of aromatic nitrogens is 2. The number of anilines is 1. The van der Waals surface area contributed by atoms with E-state index in [0.717, 1.165) is 22.6 Å². The summed E-state index contributed by atoms with van der Waals surface area (Å²) in [5.74, 6) is 1.95. The van der Waals surface area contributed by atoms with Crippen molar-refractivity contribution in [2.75, 3.05) is 44.8 Å². The first kappa shape index (κ1) is 21.9. The first-order valence-electron chi connectivity index (χ1n) is 10.4. The van der Waals surface area contributed by atoms with Crippen molar-refractivity contribution in [1.82, 2.24) is 15.1 Å². The first-order valence-corrected chi connectivity index (χ1v) is 10.8. The molecule has 32 heavy (non-hydrogen) atoms. The molecule has 1 fully saturated rings. The Morgan fingerprint density at radius 1 is 0.969 bits per heavy atom. The van der Waals surface area contributed by atoms with Crippen molar-refractivity contribution in [3.05, 3.63) is 65.2 Å². The molecule has 2 aromatic carbocycles. The van der Waals surface area contributed by atoms with Crippen LogP contribution in [0.2, 0.25) is 5.02 Å². The Labute approximate surface area is 192 Å². The normalized spacial score (nSPS) is 13.7. The molecule has 0 N–H and O–H groups in total. The van der Waals surface area contributed by atoms with Crippen LogP contribution in [-0.4, -0.2) is 60.9 Å². The number of methoxy groups -OCH3 is 1. The number of amides is 1. The average Bonchev–Trinajstić information content (AvgIpc) is 2.83. The Morgan fingerprint density at radius 3 is 2.38 bits per heavy atom. The van der Waals surface area contributed by atoms with Gasteiger partial charge in [0.1, 0.15) is 0 Å². The summed E-state index contributed by atoms with van der Waals surface area (Å²) >= 11 is 5.95. The van der Waals surface area contributed by atoms with Gasteiger partial charge in [-0.25, -0.2) is 0 Å². The Bertz CT molecular complexity index is 1070. The van der Waals surface area contributed by atoms with E-state index >= 15 is 0 Å². The lowest BCUT2D eigenvalue weighted by atomic mass is 10.1. The first-order chi connectivity index (χ1) is 15.5. The zero-order valence-corrected chi connectivity index (χ0v) is 18.9. The van der Waals surface area contributed by atoms with E-state index in [1.807, 2.05) is 66.4 Å². The standard InChI is InChI=1S/C24H25ClN4O3/c1-17-3-9-21(22(15-17)31-2)32-16-24(30)29-13-11-28(12-14-29)23-10-8-20(26-27-23)18-4-6-19(25)7-5-18/h3-10,15H,11-14,16H2,1-2H3. The summed E-state index contributed by atoms with van der Waals surface area (Å²) in [7, 11) is 1.59. The molecule has 0 atom stereocenters. The minimum Gasteiger partial charge on any atom is -0.493 e. The third-order valence-electron chi connectivity index (χ3n) is 5.42. The van der Waals surface area contributed by atoms with Crippen molar-refractivity contribution in [1.29, 1.82) is 0 Å². The zero-order chi connectivity index (χ0) is 22.5. The molecule has 1 saturated heterocycles. The van der Waals surface area contributed by atoms with Crippen molar-refractivity contribution >= 4 is 23.3 Å². The number of hydrogen-bond acceptors (Lipinski definition) is 6. The molecule has 8 heteroatoms. The van der Waals surface area contributed by atoms with Crippen LogP contribution in [0, 0.1) is 6.92 Å². The number of piperazine rings is 1. The van der Waals surface area contributed by atoms with Gasteiger partial charge in [0, 0.05) is 36.8 Å². The monoisotopic (exact) mass is 452 g/mol. The van der Waals surface area contributed by atoms with E-state index in [-0.39, 0.29) is 12.5 Å². The topological polar surface area (TPSA) is 67.8 Å². The molecule has 0 bridgehead atoms. The molecule has 1 amide bonds. The van der Waals surface area contributed by atoms with Crippen molar-refractivity contribution < 1.29 is 14.3 Å². The van der Waals surface area contributed by atoms with Crippen LogP contribution in [-0.2, 0) is 4.79 Å². The van der Waals surface area contributed by atoms with Gasteiger partial charge in [-0.1, -0.05) is 29.8 Å². The molecule has 0 saturated carbocycles. The predicted octanol–water partition coefficient (Wildman–Crippen LogP) is 3.84. The summed E-state index contributed by atoms with van der Waals surface area (Å²) < 4.78 is 11.0. The SMILES string of the molecule is COc1cc(C)ccc1OCC(=O)N1CCN(c2ccc(-c3ccc(Cl)cc3)nn2)CC1. The molecule has 7 nitrogen and oxygen atoms in total. The Balaban J connectivity index is 1.30. The van der Waals surface area contributed by atoms with E-state index in [2.05, 4.69) is 15.1 Å². The second-order valence-corrected chi connectivity index (χ2v) is 8.03. The summed E-state index contributed by atoms with van der Waals surface area (Å²) in [5, 5.41) is 9.41. The van der Waals surface area contributed by atoms with Gasteiger partial charge in [-0.3, -0.25) is 4.79 Å². The Morgan fingerprint density at radius 2 is 1.72 bits per heavy atom. The van der Waals surface area contributed by atoms with Crippen LogP contribution in [0.4, 0.5) is 5.82 Å². The van der Waals surface area contributed by atoms with E-state index < -0.39 is 0 Å². The van der Waals surface area contributed by atoms with Gasteiger partial charge in [0.15, 0.2) is 23.9 Å².